The van der Waals surface area contributed by atoms with Gasteiger partial charge in [-0.3, -0.25) is 4.79 Å². The van der Waals surface area contributed by atoms with E-state index in [0.29, 0.717) is 12.1 Å². The molecule has 0 aliphatic rings. The van der Waals surface area contributed by atoms with Crippen molar-refractivity contribution in [3.63, 3.8) is 0 Å². The number of phenolic OH excluding ortho intramolecular Hbond substituents is 1. The van der Waals surface area contributed by atoms with Gasteiger partial charge in [0.2, 0.25) is 0 Å². The number of nitrogens with two attached hydrogens (primary N) is 1. The molecule has 0 aliphatic heterocycles. The minimum atomic E-state index is -0.762. The lowest BCUT2D eigenvalue weighted by molar-refractivity contribution is -0.141. The lowest BCUT2D eigenvalue weighted by Crippen LogP contribution is -2.14. The Morgan fingerprint density at radius 2 is 2.06 bits per heavy atom. The molecular formula is C13H19NO3. The van der Waals surface area contributed by atoms with Crippen molar-refractivity contribution in [2.45, 2.75) is 26.7 Å². The molecule has 4 N–H and O–H groups in total. The molecule has 94 valence electrons. The maximum absolute atomic E-state index is 10.7. The Morgan fingerprint density at radius 3 is 2.59 bits per heavy atom. The summed E-state index contributed by atoms with van der Waals surface area (Å²) in [6, 6.07) is 5.11. The highest BCUT2D eigenvalue weighted by Crippen LogP contribution is 2.23. The summed E-state index contributed by atoms with van der Waals surface area (Å²) in [5.74, 6) is -0.744. The standard InChI is InChI=1S/C13H19NO3/c1-8(5-9(2)13(16)17)6-10-3-4-12(15)11(14)7-10/h3-4,7-9,15H,5-6,14H2,1-2H3,(H,16,17)/t8-,9+/m1/s1. The van der Waals surface area contributed by atoms with Gasteiger partial charge in [-0.2, -0.15) is 0 Å². The maximum atomic E-state index is 10.7. The number of hydrogen-bond donors (Lipinski definition) is 3. The number of aromatic hydroxyl groups is 1. The highest BCUT2D eigenvalue weighted by Gasteiger charge is 2.15. The van der Waals surface area contributed by atoms with Crippen LogP contribution in [0.25, 0.3) is 0 Å². The maximum Gasteiger partial charge on any atom is 0.306 e. The van der Waals surface area contributed by atoms with Crippen molar-refractivity contribution < 1.29 is 15.0 Å². The fourth-order valence-corrected chi connectivity index (χ4v) is 1.92. The van der Waals surface area contributed by atoms with Crippen molar-refractivity contribution in [1.82, 2.24) is 0 Å². The molecule has 0 aromatic heterocycles. The van der Waals surface area contributed by atoms with Crippen LogP contribution >= 0.6 is 0 Å². The number of anilines is 1. The predicted molar refractivity (Wildman–Crippen MR) is 66.8 cm³/mol. The number of carboxylic acid groups (broad SMARTS) is 1. The van der Waals surface area contributed by atoms with E-state index in [4.69, 9.17) is 10.8 Å². The zero-order valence-electron chi connectivity index (χ0n) is 10.2. The summed E-state index contributed by atoms with van der Waals surface area (Å²) in [6.07, 6.45) is 1.40. The molecule has 0 radical (unpaired) electrons. The number of carbonyl (C=O) groups is 1. The summed E-state index contributed by atoms with van der Waals surface area (Å²) >= 11 is 0. The zero-order chi connectivity index (χ0) is 13.0. The van der Waals surface area contributed by atoms with Gasteiger partial charge in [-0.05, 0) is 36.5 Å². The first-order chi connectivity index (χ1) is 7.90. The largest absolute Gasteiger partial charge is 0.506 e. The molecule has 0 aliphatic carbocycles. The molecule has 4 nitrogen and oxygen atoms in total. The van der Waals surface area contributed by atoms with Gasteiger partial charge < -0.3 is 15.9 Å². The second-order valence-corrected chi connectivity index (χ2v) is 4.68. The summed E-state index contributed by atoms with van der Waals surface area (Å²) in [4.78, 5) is 10.7. The topological polar surface area (TPSA) is 83.5 Å². The van der Waals surface area contributed by atoms with Crippen LogP contribution in [0, 0.1) is 11.8 Å². The van der Waals surface area contributed by atoms with Crippen LogP contribution in [0.4, 0.5) is 5.69 Å². The van der Waals surface area contributed by atoms with Crippen molar-refractivity contribution in [1.29, 1.82) is 0 Å². The predicted octanol–water partition coefficient (Wildman–Crippen LogP) is 2.26. The van der Waals surface area contributed by atoms with Gasteiger partial charge in [0, 0.05) is 0 Å². The number of hydrogen-bond acceptors (Lipinski definition) is 3. The smallest absolute Gasteiger partial charge is 0.306 e. The fraction of sp³-hybridized carbons (Fsp3) is 0.462. The van der Waals surface area contributed by atoms with Gasteiger partial charge in [0.15, 0.2) is 0 Å². The number of benzene rings is 1. The van der Waals surface area contributed by atoms with Crippen LogP contribution < -0.4 is 5.73 Å². The van der Waals surface area contributed by atoms with Crippen molar-refractivity contribution in [2.24, 2.45) is 11.8 Å². The molecule has 4 heteroatoms. The molecule has 0 unspecified atom stereocenters. The Morgan fingerprint density at radius 1 is 1.41 bits per heavy atom. The quantitative estimate of drug-likeness (QED) is 0.542. The van der Waals surface area contributed by atoms with Gasteiger partial charge in [0.25, 0.3) is 0 Å². The lowest BCUT2D eigenvalue weighted by Gasteiger charge is -2.14. The van der Waals surface area contributed by atoms with E-state index in [-0.39, 0.29) is 17.6 Å². The van der Waals surface area contributed by atoms with Crippen LogP contribution in [0.5, 0.6) is 5.75 Å². The average molecular weight is 237 g/mol. The van der Waals surface area contributed by atoms with Crippen molar-refractivity contribution in [2.75, 3.05) is 5.73 Å². The normalized spacial score (nSPS) is 14.2. The second kappa shape index (κ2) is 5.57. The monoisotopic (exact) mass is 237 g/mol. The van der Waals surface area contributed by atoms with Gasteiger partial charge in [-0.15, -0.1) is 0 Å². The van der Waals surface area contributed by atoms with E-state index >= 15 is 0 Å². The second-order valence-electron chi connectivity index (χ2n) is 4.68. The molecule has 1 aromatic rings. The molecule has 2 atom stereocenters. The Hall–Kier alpha value is -1.71. The Balaban J connectivity index is 2.58. The van der Waals surface area contributed by atoms with E-state index in [2.05, 4.69) is 0 Å². The first kappa shape index (κ1) is 13.4. The molecular weight excluding hydrogens is 218 g/mol. The third kappa shape index (κ3) is 3.98. The van der Waals surface area contributed by atoms with Crippen LogP contribution in [-0.2, 0) is 11.2 Å². The molecule has 0 bridgehead atoms. The van der Waals surface area contributed by atoms with Gasteiger partial charge >= 0.3 is 5.97 Å². The third-order valence-corrected chi connectivity index (χ3v) is 2.85. The highest BCUT2D eigenvalue weighted by molar-refractivity contribution is 5.69. The van der Waals surface area contributed by atoms with Gasteiger partial charge in [0.1, 0.15) is 5.75 Å². The van der Waals surface area contributed by atoms with E-state index in [1.165, 1.54) is 0 Å². The Kier molecular flexibility index (Phi) is 4.37. The average Bonchev–Trinajstić information content (AvgIpc) is 2.23. The number of rotatable bonds is 5. The summed E-state index contributed by atoms with van der Waals surface area (Å²) in [5, 5.41) is 18.1. The first-order valence-corrected chi connectivity index (χ1v) is 5.70. The minimum absolute atomic E-state index is 0.0836. The molecule has 0 heterocycles. The van der Waals surface area contributed by atoms with Crippen LogP contribution in [0.1, 0.15) is 25.8 Å². The number of phenols is 1. The van der Waals surface area contributed by atoms with Gasteiger partial charge in [0.05, 0.1) is 11.6 Å². The van der Waals surface area contributed by atoms with Crippen LogP contribution in [-0.4, -0.2) is 16.2 Å². The SMILES string of the molecule is C[C@@H](Cc1ccc(O)c(N)c1)C[C@H](C)C(=O)O. The third-order valence-electron chi connectivity index (χ3n) is 2.85. The van der Waals surface area contributed by atoms with Crippen LogP contribution in [0.3, 0.4) is 0 Å². The number of nitrogen functional groups attached to an aromatic ring is 1. The van der Waals surface area contributed by atoms with E-state index in [1.54, 1.807) is 19.1 Å². The summed E-state index contributed by atoms with van der Waals surface area (Å²) in [7, 11) is 0. The summed E-state index contributed by atoms with van der Waals surface area (Å²) in [5.41, 5.74) is 6.98. The molecule has 1 aromatic carbocycles. The molecule has 0 saturated heterocycles. The van der Waals surface area contributed by atoms with Crippen molar-refractivity contribution in [3.05, 3.63) is 23.8 Å². The van der Waals surface area contributed by atoms with Crippen LogP contribution in [0.2, 0.25) is 0 Å². The van der Waals surface area contributed by atoms with Crippen molar-refractivity contribution >= 4 is 11.7 Å². The Bertz CT molecular complexity index is 404. The summed E-state index contributed by atoms with van der Waals surface area (Å²) in [6.45, 7) is 3.73. The molecule has 0 saturated carbocycles. The fourth-order valence-electron chi connectivity index (χ4n) is 1.92. The molecule has 0 amide bonds. The van der Waals surface area contributed by atoms with Crippen molar-refractivity contribution in [3.8, 4) is 5.75 Å². The number of carboxylic acids is 1. The van der Waals surface area contributed by atoms with E-state index in [1.807, 2.05) is 13.0 Å². The van der Waals surface area contributed by atoms with E-state index in [0.717, 1.165) is 12.0 Å². The molecule has 17 heavy (non-hydrogen) atoms. The highest BCUT2D eigenvalue weighted by atomic mass is 16.4. The van der Waals surface area contributed by atoms with E-state index < -0.39 is 5.97 Å². The first-order valence-electron chi connectivity index (χ1n) is 5.70. The molecule has 0 fully saturated rings. The Labute approximate surface area is 101 Å². The molecule has 0 spiro atoms. The van der Waals surface area contributed by atoms with Crippen LogP contribution in [0.15, 0.2) is 18.2 Å². The van der Waals surface area contributed by atoms with E-state index in [9.17, 15) is 9.90 Å². The molecule has 1 rings (SSSR count). The lowest BCUT2D eigenvalue weighted by atomic mass is 9.91. The summed E-state index contributed by atoms with van der Waals surface area (Å²) < 4.78 is 0. The minimum Gasteiger partial charge on any atom is -0.506 e. The zero-order valence-corrected chi connectivity index (χ0v) is 10.2. The van der Waals surface area contributed by atoms with Gasteiger partial charge in [-0.25, -0.2) is 0 Å². The van der Waals surface area contributed by atoms with Gasteiger partial charge in [-0.1, -0.05) is 19.9 Å². The number of aliphatic carboxylic acids is 1.